The molecular formula is C10H14N2O. The van der Waals surface area contributed by atoms with Crippen molar-refractivity contribution in [1.29, 1.82) is 0 Å². The van der Waals surface area contributed by atoms with Crippen molar-refractivity contribution in [2.24, 2.45) is 5.92 Å². The fourth-order valence-electron chi connectivity index (χ4n) is 1.50. The van der Waals surface area contributed by atoms with Crippen molar-refractivity contribution >= 4 is 5.78 Å². The smallest absolute Gasteiger partial charge is 0.139 e. The summed E-state index contributed by atoms with van der Waals surface area (Å²) in [6.45, 7) is 5.65. The lowest BCUT2D eigenvalue weighted by molar-refractivity contribution is -0.119. The van der Waals surface area contributed by atoms with E-state index in [4.69, 9.17) is 0 Å². The lowest BCUT2D eigenvalue weighted by Gasteiger charge is -2.16. The first-order valence-electron chi connectivity index (χ1n) is 4.39. The predicted octanol–water partition coefficient (Wildman–Crippen LogP) is 1.81. The number of nitrogens with zero attached hydrogens (tertiary/aromatic N) is 2. The van der Waals surface area contributed by atoms with Gasteiger partial charge >= 0.3 is 0 Å². The third-order valence-corrected chi connectivity index (χ3v) is 2.03. The van der Waals surface area contributed by atoms with E-state index in [0.717, 1.165) is 5.69 Å². The number of carbonyl (C=O) groups excluding carboxylic acids is 1. The molecular weight excluding hydrogens is 164 g/mol. The van der Waals surface area contributed by atoms with Gasteiger partial charge in [0, 0.05) is 6.20 Å². The zero-order valence-electron chi connectivity index (χ0n) is 8.19. The third-order valence-electron chi connectivity index (χ3n) is 2.03. The van der Waals surface area contributed by atoms with Crippen LogP contribution in [0.2, 0.25) is 0 Å². The van der Waals surface area contributed by atoms with E-state index in [1.807, 2.05) is 13.8 Å². The maximum atomic E-state index is 11.3. The Morgan fingerprint density at radius 2 is 2.15 bits per heavy atom. The Balaban J connectivity index is 2.96. The van der Waals surface area contributed by atoms with Crippen LogP contribution in [0.5, 0.6) is 0 Å². The van der Waals surface area contributed by atoms with E-state index >= 15 is 0 Å². The highest BCUT2D eigenvalue weighted by molar-refractivity contribution is 5.83. The van der Waals surface area contributed by atoms with Gasteiger partial charge in [0.05, 0.1) is 11.6 Å². The van der Waals surface area contributed by atoms with Crippen molar-refractivity contribution in [2.75, 3.05) is 0 Å². The molecule has 0 radical (unpaired) electrons. The fraction of sp³-hybridized carbons (Fsp3) is 0.500. The number of rotatable bonds is 3. The Hall–Kier alpha value is -1.25. The molecule has 0 saturated heterocycles. The number of ketones is 1. The first-order valence-corrected chi connectivity index (χ1v) is 4.39. The predicted molar refractivity (Wildman–Crippen MR) is 50.3 cm³/mol. The molecule has 0 aromatic carbocycles. The van der Waals surface area contributed by atoms with Crippen LogP contribution in [0.1, 0.15) is 32.4 Å². The van der Waals surface area contributed by atoms with Gasteiger partial charge in [-0.15, -0.1) is 0 Å². The van der Waals surface area contributed by atoms with Gasteiger partial charge in [0.1, 0.15) is 12.1 Å². The van der Waals surface area contributed by atoms with Crippen molar-refractivity contribution in [2.45, 2.75) is 26.7 Å². The molecule has 0 aliphatic carbocycles. The van der Waals surface area contributed by atoms with Crippen LogP contribution in [0.4, 0.5) is 0 Å². The van der Waals surface area contributed by atoms with Crippen LogP contribution in [0.3, 0.4) is 0 Å². The lowest BCUT2D eigenvalue weighted by Crippen LogP contribution is -2.16. The summed E-state index contributed by atoms with van der Waals surface area (Å²) in [6, 6.07) is 1.80. The first kappa shape index (κ1) is 9.84. The molecule has 0 aliphatic rings. The molecule has 1 heterocycles. The van der Waals surface area contributed by atoms with E-state index in [1.165, 1.54) is 6.33 Å². The molecule has 1 unspecified atom stereocenters. The topological polar surface area (TPSA) is 42.9 Å². The average molecular weight is 178 g/mol. The standard InChI is InChI=1S/C10H14N2O/c1-7(2)10(8(3)13)9-4-5-11-6-12-9/h4-7,10H,1-3H3. The summed E-state index contributed by atoms with van der Waals surface area (Å²) in [5.74, 6) is 0.351. The Labute approximate surface area is 78.2 Å². The first-order chi connectivity index (χ1) is 6.13. The molecule has 70 valence electrons. The van der Waals surface area contributed by atoms with Crippen LogP contribution in [-0.2, 0) is 4.79 Å². The summed E-state index contributed by atoms with van der Waals surface area (Å²) < 4.78 is 0. The van der Waals surface area contributed by atoms with Gasteiger partial charge in [-0.05, 0) is 18.9 Å². The van der Waals surface area contributed by atoms with Crippen molar-refractivity contribution in [1.82, 2.24) is 9.97 Å². The SMILES string of the molecule is CC(=O)C(c1ccncn1)C(C)C. The average Bonchev–Trinajstić information content (AvgIpc) is 2.04. The van der Waals surface area contributed by atoms with E-state index in [0.29, 0.717) is 0 Å². The maximum absolute atomic E-state index is 11.3. The molecule has 0 N–H and O–H groups in total. The highest BCUT2D eigenvalue weighted by atomic mass is 16.1. The van der Waals surface area contributed by atoms with Crippen LogP contribution in [-0.4, -0.2) is 15.8 Å². The number of aromatic nitrogens is 2. The second-order valence-electron chi connectivity index (χ2n) is 3.47. The second kappa shape index (κ2) is 4.12. The van der Waals surface area contributed by atoms with E-state index in [1.54, 1.807) is 19.2 Å². The third kappa shape index (κ3) is 2.34. The molecule has 0 bridgehead atoms. The van der Waals surface area contributed by atoms with Crippen molar-refractivity contribution < 1.29 is 4.79 Å². The van der Waals surface area contributed by atoms with Gasteiger partial charge in [0.2, 0.25) is 0 Å². The molecule has 13 heavy (non-hydrogen) atoms. The van der Waals surface area contributed by atoms with E-state index in [-0.39, 0.29) is 17.6 Å². The van der Waals surface area contributed by atoms with Gasteiger partial charge in [0.15, 0.2) is 0 Å². The van der Waals surface area contributed by atoms with E-state index < -0.39 is 0 Å². The summed E-state index contributed by atoms with van der Waals surface area (Å²) in [6.07, 6.45) is 3.15. The highest BCUT2D eigenvalue weighted by Crippen LogP contribution is 2.22. The largest absolute Gasteiger partial charge is 0.299 e. The van der Waals surface area contributed by atoms with Crippen molar-refractivity contribution in [3.05, 3.63) is 24.3 Å². The minimum absolute atomic E-state index is 0.0944. The zero-order valence-corrected chi connectivity index (χ0v) is 8.19. The Kier molecular flexibility index (Phi) is 3.12. The second-order valence-corrected chi connectivity index (χ2v) is 3.47. The molecule has 0 spiro atoms. The van der Waals surface area contributed by atoms with Crippen LogP contribution in [0.25, 0.3) is 0 Å². The normalized spacial score (nSPS) is 12.9. The van der Waals surface area contributed by atoms with Gasteiger partial charge in [-0.1, -0.05) is 13.8 Å². The molecule has 0 amide bonds. The molecule has 0 aliphatic heterocycles. The lowest BCUT2D eigenvalue weighted by atomic mass is 9.89. The molecule has 3 heteroatoms. The number of hydrogen-bond donors (Lipinski definition) is 0. The van der Waals surface area contributed by atoms with E-state index in [2.05, 4.69) is 9.97 Å². The monoisotopic (exact) mass is 178 g/mol. The van der Waals surface area contributed by atoms with Crippen LogP contribution >= 0.6 is 0 Å². The highest BCUT2D eigenvalue weighted by Gasteiger charge is 2.21. The summed E-state index contributed by atoms with van der Waals surface area (Å²) >= 11 is 0. The van der Waals surface area contributed by atoms with E-state index in [9.17, 15) is 4.79 Å². The van der Waals surface area contributed by atoms with Gasteiger partial charge in [-0.3, -0.25) is 4.79 Å². The molecule has 1 aromatic rings. The quantitative estimate of drug-likeness (QED) is 0.708. The van der Waals surface area contributed by atoms with Crippen molar-refractivity contribution in [3.8, 4) is 0 Å². The number of hydrogen-bond acceptors (Lipinski definition) is 3. The molecule has 1 rings (SSSR count). The minimum Gasteiger partial charge on any atom is -0.299 e. The summed E-state index contributed by atoms with van der Waals surface area (Å²) in [5, 5.41) is 0. The summed E-state index contributed by atoms with van der Waals surface area (Å²) in [5.41, 5.74) is 0.817. The fourth-order valence-corrected chi connectivity index (χ4v) is 1.50. The van der Waals surface area contributed by atoms with Crippen LogP contribution in [0.15, 0.2) is 18.6 Å². The zero-order chi connectivity index (χ0) is 9.84. The van der Waals surface area contributed by atoms with Gasteiger partial charge < -0.3 is 0 Å². The maximum Gasteiger partial charge on any atom is 0.139 e. The molecule has 1 aromatic heterocycles. The summed E-state index contributed by atoms with van der Waals surface area (Å²) in [7, 11) is 0. The van der Waals surface area contributed by atoms with Crippen molar-refractivity contribution in [3.63, 3.8) is 0 Å². The molecule has 0 saturated carbocycles. The number of Topliss-reactive ketones (excluding diaryl/α,β-unsaturated/α-hetero) is 1. The van der Waals surface area contributed by atoms with Gasteiger partial charge in [-0.25, -0.2) is 9.97 Å². The molecule has 0 fully saturated rings. The Morgan fingerprint density at radius 1 is 1.46 bits per heavy atom. The molecule has 3 nitrogen and oxygen atoms in total. The Bertz CT molecular complexity index is 282. The minimum atomic E-state index is -0.0944. The Morgan fingerprint density at radius 3 is 2.54 bits per heavy atom. The summed E-state index contributed by atoms with van der Waals surface area (Å²) in [4.78, 5) is 19.2. The van der Waals surface area contributed by atoms with Gasteiger partial charge in [0.25, 0.3) is 0 Å². The van der Waals surface area contributed by atoms with Crippen LogP contribution < -0.4 is 0 Å². The van der Waals surface area contributed by atoms with Gasteiger partial charge in [-0.2, -0.15) is 0 Å². The van der Waals surface area contributed by atoms with Crippen LogP contribution in [0, 0.1) is 5.92 Å². The number of carbonyl (C=O) groups is 1. The molecule has 1 atom stereocenters.